The van der Waals surface area contributed by atoms with Crippen LogP contribution in [0.5, 0.6) is 11.6 Å². The standard InChI is InChI=1S/C16H13N3O2/c1-17-15(20)14-18-13-10-6-5-9-12(13)16(19-14)21-11-7-3-2-4-8-11/h2-10H,1H3,(H,17,20). The molecule has 3 rings (SSSR count). The van der Waals surface area contributed by atoms with E-state index >= 15 is 0 Å². The third-order valence-electron chi connectivity index (χ3n) is 2.96. The van der Waals surface area contributed by atoms with Crippen LogP contribution >= 0.6 is 0 Å². The number of carbonyl (C=O) groups is 1. The van der Waals surface area contributed by atoms with Crippen molar-refractivity contribution in [3.05, 3.63) is 60.4 Å². The summed E-state index contributed by atoms with van der Waals surface area (Å²) in [5.41, 5.74) is 0.664. The summed E-state index contributed by atoms with van der Waals surface area (Å²) in [6.45, 7) is 0. The molecule has 0 bridgehead atoms. The molecule has 1 heterocycles. The Hall–Kier alpha value is -2.95. The minimum Gasteiger partial charge on any atom is -0.438 e. The molecule has 0 saturated heterocycles. The maximum absolute atomic E-state index is 11.8. The Morgan fingerprint density at radius 2 is 1.71 bits per heavy atom. The van der Waals surface area contributed by atoms with Crippen LogP contribution in [0.3, 0.4) is 0 Å². The van der Waals surface area contributed by atoms with Gasteiger partial charge in [-0.3, -0.25) is 4.79 Å². The van der Waals surface area contributed by atoms with Crippen LogP contribution in [0.4, 0.5) is 0 Å². The molecule has 0 aliphatic heterocycles. The summed E-state index contributed by atoms with van der Waals surface area (Å²) in [6, 6.07) is 16.7. The van der Waals surface area contributed by atoms with E-state index in [1.807, 2.05) is 54.6 Å². The molecule has 21 heavy (non-hydrogen) atoms. The Bertz CT molecular complexity index is 788. The van der Waals surface area contributed by atoms with Crippen LogP contribution < -0.4 is 10.1 Å². The maximum atomic E-state index is 11.8. The van der Waals surface area contributed by atoms with Gasteiger partial charge in [-0.25, -0.2) is 4.98 Å². The molecular weight excluding hydrogens is 266 g/mol. The highest BCUT2D eigenvalue weighted by molar-refractivity contribution is 5.94. The van der Waals surface area contributed by atoms with E-state index in [2.05, 4.69) is 15.3 Å². The number of nitrogens with one attached hydrogen (secondary N) is 1. The first-order chi connectivity index (χ1) is 10.3. The smallest absolute Gasteiger partial charge is 0.288 e. The van der Waals surface area contributed by atoms with Gasteiger partial charge in [-0.05, 0) is 24.3 Å². The van der Waals surface area contributed by atoms with E-state index in [9.17, 15) is 4.79 Å². The molecule has 0 saturated carbocycles. The van der Waals surface area contributed by atoms with Gasteiger partial charge < -0.3 is 10.1 Å². The fourth-order valence-electron chi connectivity index (χ4n) is 1.94. The fraction of sp³-hybridized carbons (Fsp3) is 0.0625. The van der Waals surface area contributed by atoms with Gasteiger partial charge in [0.1, 0.15) is 5.75 Å². The van der Waals surface area contributed by atoms with Crippen LogP contribution in [0.2, 0.25) is 0 Å². The SMILES string of the molecule is CNC(=O)c1nc(Oc2ccccc2)c2ccccc2n1. The van der Waals surface area contributed by atoms with E-state index in [-0.39, 0.29) is 11.7 Å². The average Bonchev–Trinajstić information content (AvgIpc) is 2.55. The quantitative estimate of drug-likeness (QED) is 0.800. The molecule has 5 heteroatoms. The van der Waals surface area contributed by atoms with E-state index in [1.54, 1.807) is 7.05 Å². The minimum atomic E-state index is -0.348. The number of para-hydroxylation sites is 2. The lowest BCUT2D eigenvalue weighted by molar-refractivity contribution is 0.0952. The Balaban J connectivity index is 2.12. The van der Waals surface area contributed by atoms with E-state index in [1.165, 1.54) is 0 Å². The average molecular weight is 279 g/mol. The summed E-state index contributed by atoms with van der Waals surface area (Å²) in [6.07, 6.45) is 0. The monoisotopic (exact) mass is 279 g/mol. The first-order valence-corrected chi connectivity index (χ1v) is 6.49. The van der Waals surface area contributed by atoms with Crippen LogP contribution in [0.1, 0.15) is 10.6 Å². The van der Waals surface area contributed by atoms with Crippen molar-refractivity contribution in [2.45, 2.75) is 0 Å². The summed E-state index contributed by atoms with van der Waals surface area (Å²) in [5, 5.41) is 3.28. The van der Waals surface area contributed by atoms with Crippen molar-refractivity contribution in [1.82, 2.24) is 15.3 Å². The number of fused-ring (bicyclic) bond motifs is 1. The first-order valence-electron chi connectivity index (χ1n) is 6.49. The van der Waals surface area contributed by atoms with Crippen molar-refractivity contribution < 1.29 is 9.53 Å². The third kappa shape index (κ3) is 2.67. The van der Waals surface area contributed by atoms with Crippen molar-refractivity contribution in [1.29, 1.82) is 0 Å². The third-order valence-corrected chi connectivity index (χ3v) is 2.96. The normalized spacial score (nSPS) is 10.3. The summed E-state index contributed by atoms with van der Waals surface area (Å²) in [7, 11) is 1.54. The molecule has 2 aromatic carbocycles. The molecule has 0 unspecified atom stereocenters. The van der Waals surface area contributed by atoms with Crippen LogP contribution in [-0.2, 0) is 0 Å². The van der Waals surface area contributed by atoms with Gasteiger partial charge in [-0.1, -0.05) is 30.3 Å². The number of rotatable bonds is 3. The molecule has 0 aliphatic rings. The fourth-order valence-corrected chi connectivity index (χ4v) is 1.94. The second-order valence-corrected chi connectivity index (χ2v) is 4.36. The highest BCUT2D eigenvalue weighted by Crippen LogP contribution is 2.27. The number of nitrogens with zero attached hydrogens (tertiary/aromatic N) is 2. The second kappa shape index (κ2) is 5.58. The van der Waals surface area contributed by atoms with E-state index < -0.39 is 0 Å². The number of ether oxygens (including phenoxy) is 1. The zero-order valence-electron chi connectivity index (χ0n) is 11.4. The number of hydrogen-bond acceptors (Lipinski definition) is 4. The summed E-state index contributed by atoms with van der Waals surface area (Å²) >= 11 is 0. The van der Waals surface area contributed by atoms with Gasteiger partial charge in [-0.15, -0.1) is 0 Å². The molecule has 1 N–H and O–H groups in total. The Labute approximate surface area is 121 Å². The molecule has 104 valence electrons. The minimum absolute atomic E-state index is 0.0853. The summed E-state index contributed by atoms with van der Waals surface area (Å²) in [5.74, 6) is 0.760. The highest BCUT2D eigenvalue weighted by Gasteiger charge is 2.14. The molecule has 0 fully saturated rings. The van der Waals surface area contributed by atoms with Gasteiger partial charge in [0.25, 0.3) is 5.91 Å². The predicted molar refractivity (Wildman–Crippen MR) is 79.4 cm³/mol. The molecular formula is C16H13N3O2. The lowest BCUT2D eigenvalue weighted by atomic mass is 10.2. The molecule has 1 aromatic heterocycles. The van der Waals surface area contributed by atoms with Crippen LogP contribution in [-0.4, -0.2) is 22.9 Å². The Morgan fingerprint density at radius 1 is 1.00 bits per heavy atom. The highest BCUT2D eigenvalue weighted by atomic mass is 16.5. The molecule has 0 atom stereocenters. The van der Waals surface area contributed by atoms with E-state index in [0.29, 0.717) is 17.1 Å². The van der Waals surface area contributed by atoms with Crippen LogP contribution in [0.15, 0.2) is 54.6 Å². The first kappa shape index (κ1) is 13.1. The maximum Gasteiger partial charge on any atom is 0.288 e. The van der Waals surface area contributed by atoms with Gasteiger partial charge in [0, 0.05) is 7.05 Å². The number of aromatic nitrogens is 2. The molecule has 3 aromatic rings. The summed E-state index contributed by atoms with van der Waals surface area (Å²) in [4.78, 5) is 20.2. The molecule has 0 spiro atoms. The molecule has 0 aliphatic carbocycles. The number of carbonyl (C=O) groups excluding carboxylic acids is 1. The van der Waals surface area contributed by atoms with E-state index in [4.69, 9.17) is 4.74 Å². The van der Waals surface area contributed by atoms with Gasteiger partial charge >= 0.3 is 0 Å². The van der Waals surface area contributed by atoms with Gasteiger partial charge in [-0.2, -0.15) is 4.98 Å². The van der Waals surface area contributed by atoms with Crippen LogP contribution in [0, 0.1) is 0 Å². The Morgan fingerprint density at radius 3 is 2.48 bits per heavy atom. The lowest BCUT2D eigenvalue weighted by Gasteiger charge is -2.09. The van der Waals surface area contributed by atoms with Gasteiger partial charge in [0.2, 0.25) is 11.7 Å². The van der Waals surface area contributed by atoms with E-state index in [0.717, 1.165) is 5.39 Å². The summed E-state index contributed by atoms with van der Waals surface area (Å²) < 4.78 is 5.80. The molecule has 5 nitrogen and oxygen atoms in total. The number of amides is 1. The van der Waals surface area contributed by atoms with Crippen molar-refractivity contribution >= 4 is 16.8 Å². The zero-order chi connectivity index (χ0) is 14.7. The lowest BCUT2D eigenvalue weighted by Crippen LogP contribution is -2.21. The van der Waals surface area contributed by atoms with Crippen molar-refractivity contribution in [2.75, 3.05) is 7.05 Å². The molecule has 1 amide bonds. The van der Waals surface area contributed by atoms with Crippen molar-refractivity contribution in [3.8, 4) is 11.6 Å². The van der Waals surface area contributed by atoms with Crippen molar-refractivity contribution in [2.24, 2.45) is 0 Å². The number of benzene rings is 2. The van der Waals surface area contributed by atoms with Gasteiger partial charge in [0.15, 0.2) is 0 Å². The second-order valence-electron chi connectivity index (χ2n) is 4.36. The van der Waals surface area contributed by atoms with Crippen molar-refractivity contribution in [3.63, 3.8) is 0 Å². The number of hydrogen-bond donors (Lipinski definition) is 1. The van der Waals surface area contributed by atoms with Crippen LogP contribution in [0.25, 0.3) is 10.9 Å². The Kier molecular flexibility index (Phi) is 3.47. The molecule has 0 radical (unpaired) electrons. The zero-order valence-corrected chi connectivity index (χ0v) is 11.4. The predicted octanol–water partition coefficient (Wildman–Crippen LogP) is 2.78. The largest absolute Gasteiger partial charge is 0.438 e. The topological polar surface area (TPSA) is 64.1 Å². The van der Waals surface area contributed by atoms with Gasteiger partial charge in [0.05, 0.1) is 10.9 Å².